The van der Waals surface area contributed by atoms with Crippen LogP contribution >= 0.6 is 11.6 Å². The predicted molar refractivity (Wildman–Crippen MR) is 95.4 cm³/mol. The smallest absolute Gasteiger partial charge is 0.363 e. The van der Waals surface area contributed by atoms with Gasteiger partial charge in [0, 0.05) is 25.4 Å². The first-order chi connectivity index (χ1) is 12.8. The largest absolute Gasteiger partial charge is 0.434 e. The van der Waals surface area contributed by atoms with Gasteiger partial charge in [0.1, 0.15) is 5.82 Å². The molecule has 4 rings (SSSR count). The van der Waals surface area contributed by atoms with E-state index in [4.69, 9.17) is 11.6 Å². The van der Waals surface area contributed by atoms with Crippen molar-refractivity contribution in [2.45, 2.75) is 12.7 Å². The molecule has 0 saturated carbocycles. The molecule has 1 aromatic carbocycles. The van der Waals surface area contributed by atoms with Crippen LogP contribution in [-0.2, 0) is 19.8 Å². The van der Waals surface area contributed by atoms with Crippen LogP contribution in [0, 0.1) is 0 Å². The molecule has 0 aliphatic carbocycles. The van der Waals surface area contributed by atoms with Crippen LogP contribution in [0.15, 0.2) is 36.7 Å². The van der Waals surface area contributed by atoms with E-state index in [1.807, 2.05) is 17.0 Å². The second-order valence-electron chi connectivity index (χ2n) is 6.16. The molecule has 0 fully saturated rings. The molecule has 0 spiro atoms. The second-order valence-corrected chi connectivity index (χ2v) is 6.50. The number of benzene rings is 1. The summed E-state index contributed by atoms with van der Waals surface area (Å²) in [5, 5.41) is 3.36. The zero-order valence-electron chi connectivity index (χ0n) is 14.1. The average molecular weight is 395 g/mol. The summed E-state index contributed by atoms with van der Waals surface area (Å²) in [5.41, 5.74) is 1.50. The Morgan fingerprint density at radius 3 is 2.59 bits per heavy atom. The van der Waals surface area contributed by atoms with Gasteiger partial charge in [0.15, 0.2) is 11.5 Å². The van der Waals surface area contributed by atoms with Crippen LogP contribution in [0.4, 0.5) is 24.7 Å². The zero-order chi connectivity index (χ0) is 19.2. The molecule has 2 aromatic heterocycles. The highest BCUT2D eigenvalue weighted by molar-refractivity contribution is 6.28. The first-order valence-corrected chi connectivity index (χ1v) is 8.40. The maximum absolute atomic E-state index is 12.8. The van der Waals surface area contributed by atoms with E-state index in [0.717, 1.165) is 23.3 Å². The maximum Gasteiger partial charge on any atom is 0.434 e. The minimum Gasteiger partial charge on any atom is -0.363 e. The monoisotopic (exact) mass is 394 g/mol. The number of aromatic nitrogens is 4. The summed E-state index contributed by atoms with van der Waals surface area (Å²) in [4.78, 5) is 13.9. The highest BCUT2D eigenvalue weighted by Gasteiger charge is 2.34. The van der Waals surface area contributed by atoms with E-state index in [-0.39, 0.29) is 11.1 Å². The van der Waals surface area contributed by atoms with Crippen molar-refractivity contribution in [3.05, 3.63) is 53.2 Å². The standard InChI is InChI=1S/C17H14ClF3N6/c1-26-8-13(17(19,20)21)24-14(26)11-4-2-10(3-5-11)7-27-9-23-12-6-22-16(18)25-15(12)27/h2-6,8,23H,7,9H2,1H3. The Morgan fingerprint density at radius 1 is 1.19 bits per heavy atom. The molecule has 0 radical (unpaired) electrons. The Labute approximate surface area is 157 Å². The maximum atomic E-state index is 12.8. The van der Waals surface area contributed by atoms with Crippen molar-refractivity contribution in [1.82, 2.24) is 19.5 Å². The van der Waals surface area contributed by atoms with E-state index in [9.17, 15) is 13.2 Å². The van der Waals surface area contributed by atoms with Crippen molar-refractivity contribution in [2.24, 2.45) is 7.05 Å². The lowest BCUT2D eigenvalue weighted by Gasteiger charge is -2.17. The molecule has 27 heavy (non-hydrogen) atoms. The number of aryl methyl sites for hydroxylation is 1. The summed E-state index contributed by atoms with van der Waals surface area (Å²) in [5.74, 6) is 0.986. The van der Waals surface area contributed by atoms with Crippen molar-refractivity contribution in [3.63, 3.8) is 0 Å². The van der Waals surface area contributed by atoms with Crippen LogP contribution < -0.4 is 10.2 Å². The Hall–Kier alpha value is -2.81. The fourth-order valence-electron chi connectivity index (χ4n) is 2.95. The van der Waals surface area contributed by atoms with Gasteiger partial charge in [0.05, 0.1) is 18.6 Å². The van der Waals surface area contributed by atoms with Crippen molar-refractivity contribution < 1.29 is 13.2 Å². The van der Waals surface area contributed by atoms with Crippen molar-refractivity contribution in [2.75, 3.05) is 16.9 Å². The molecule has 0 saturated heterocycles. The van der Waals surface area contributed by atoms with Gasteiger partial charge in [-0.25, -0.2) is 9.97 Å². The van der Waals surface area contributed by atoms with E-state index in [2.05, 4.69) is 20.3 Å². The number of fused-ring (bicyclic) bond motifs is 1. The Morgan fingerprint density at radius 2 is 1.93 bits per heavy atom. The van der Waals surface area contributed by atoms with Gasteiger partial charge in [0.25, 0.3) is 0 Å². The molecule has 0 unspecified atom stereocenters. The molecule has 0 amide bonds. The van der Waals surface area contributed by atoms with Gasteiger partial charge in [-0.2, -0.15) is 18.2 Å². The SMILES string of the molecule is Cn1cc(C(F)(F)F)nc1-c1ccc(CN2CNc3cnc(Cl)nc32)cc1. The summed E-state index contributed by atoms with van der Waals surface area (Å²) >= 11 is 5.86. The van der Waals surface area contributed by atoms with Gasteiger partial charge in [-0.05, 0) is 17.2 Å². The molecule has 3 heterocycles. The topological polar surface area (TPSA) is 58.9 Å². The molecule has 1 aliphatic heterocycles. The molecule has 10 heteroatoms. The van der Waals surface area contributed by atoms with Gasteiger partial charge in [-0.3, -0.25) is 0 Å². The zero-order valence-corrected chi connectivity index (χ0v) is 14.9. The van der Waals surface area contributed by atoms with Gasteiger partial charge >= 0.3 is 6.18 Å². The number of nitrogens with zero attached hydrogens (tertiary/aromatic N) is 5. The fraction of sp³-hybridized carbons (Fsp3) is 0.235. The van der Waals surface area contributed by atoms with Gasteiger partial charge < -0.3 is 14.8 Å². The second kappa shape index (κ2) is 6.41. The Balaban J connectivity index is 1.54. The summed E-state index contributed by atoms with van der Waals surface area (Å²) < 4.78 is 39.9. The Kier molecular flexibility index (Phi) is 4.18. The lowest BCUT2D eigenvalue weighted by molar-refractivity contribution is -0.140. The lowest BCUT2D eigenvalue weighted by atomic mass is 10.1. The summed E-state index contributed by atoms with van der Waals surface area (Å²) in [6.45, 7) is 1.14. The van der Waals surface area contributed by atoms with Crippen LogP contribution in [-0.4, -0.2) is 26.2 Å². The number of anilines is 2. The number of nitrogens with one attached hydrogen (secondary N) is 1. The molecule has 0 atom stereocenters. The molecule has 3 aromatic rings. The summed E-state index contributed by atoms with van der Waals surface area (Å²) in [6.07, 6.45) is -1.85. The fourth-order valence-corrected chi connectivity index (χ4v) is 3.08. The molecule has 1 aliphatic rings. The highest BCUT2D eigenvalue weighted by Crippen LogP contribution is 2.32. The third kappa shape index (κ3) is 3.42. The first-order valence-electron chi connectivity index (χ1n) is 8.02. The van der Waals surface area contributed by atoms with E-state index >= 15 is 0 Å². The van der Waals surface area contributed by atoms with Crippen LogP contribution in [0.5, 0.6) is 0 Å². The van der Waals surface area contributed by atoms with E-state index in [1.165, 1.54) is 4.57 Å². The normalized spacial score (nSPS) is 13.6. The van der Waals surface area contributed by atoms with Crippen molar-refractivity contribution >= 4 is 23.1 Å². The number of hydrogen-bond donors (Lipinski definition) is 1. The van der Waals surface area contributed by atoms with Gasteiger partial charge in [-0.1, -0.05) is 24.3 Å². The molecule has 140 valence electrons. The van der Waals surface area contributed by atoms with Gasteiger partial charge in [-0.15, -0.1) is 0 Å². The van der Waals surface area contributed by atoms with Crippen LogP contribution in [0.1, 0.15) is 11.3 Å². The predicted octanol–water partition coefficient (Wildman–Crippen LogP) is 3.94. The Bertz CT molecular complexity index is 983. The lowest BCUT2D eigenvalue weighted by Crippen LogP contribution is -2.22. The first kappa shape index (κ1) is 17.6. The van der Waals surface area contributed by atoms with E-state index in [0.29, 0.717) is 18.8 Å². The summed E-state index contributed by atoms with van der Waals surface area (Å²) in [6, 6.07) is 7.24. The minimum atomic E-state index is -4.46. The molecular weight excluding hydrogens is 381 g/mol. The van der Waals surface area contributed by atoms with Crippen molar-refractivity contribution in [1.29, 1.82) is 0 Å². The third-order valence-electron chi connectivity index (χ3n) is 4.25. The highest BCUT2D eigenvalue weighted by atomic mass is 35.5. The number of rotatable bonds is 3. The molecule has 6 nitrogen and oxygen atoms in total. The quantitative estimate of drug-likeness (QED) is 0.682. The van der Waals surface area contributed by atoms with E-state index in [1.54, 1.807) is 25.4 Å². The molecule has 0 bridgehead atoms. The number of imidazole rings is 1. The number of halogens is 4. The average Bonchev–Trinajstić information content (AvgIpc) is 3.19. The van der Waals surface area contributed by atoms with Gasteiger partial charge in [0.2, 0.25) is 5.28 Å². The van der Waals surface area contributed by atoms with Crippen LogP contribution in [0.3, 0.4) is 0 Å². The minimum absolute atomic E-state index is 0.174. The number of hydrogen-bond acceptors (Lipinski definition) is 5. The van der Waals surface area contributed by atoms with Crippen LogP contribution in [0.25, 0.3) is 11.4 Å². The third-order valence-corrected chi connectivity index (χ3v) is 4.43. The van der Waals surface area contributed by atoms with Crippen molar-refractivity contribution in [3.8, 4) is 11.4 Å². The number of alkyl halides is 3. The van der Waals surface area contributed by atoms with E-state index < -0.39 is 11.9 Å². The summed E-state index contributed by atoms with van der Waals surface area (Å²) in [7, 11) is 1.54. The van der Waals surface area contributed by atoms with Crippen LogP contribution in [0.2, 0.25) is 5.28 Å². The molecule has 1 N–H and O–H groups in total. The molecular formula is C17H14ClF3N6.